The summed E-state index contributed by atoms with van der Waals surface area (Å²) < 4.78 is 0. The van der Waals surface area contributed by atoms with E-state index in [1.54, 1.807) is 0 Å². The van der Waals surface area contributed by atoms with Crippen molar-refractivity contribution in [1.82, 2.24) is 9.97 Å². The summed E-state index contributed by atoms with van der Waals surface area (Å²) >= 11 is 3.78. The Morgan fingerprint density at radius 2 is 2.50 bits per heavy atom. The van der Waals surface area contributed by atoms with Gasteiger partial charge in [0.15, 0.2) is 0 Å². The molecular weight excluding hydrogens is 174 g/mol. The Kier molecular flexibility index (Phi) is 6.99. The molecule has 1 heterocycles. The van der Waals surface area contributed by atoms with E-state index < -0.39 is 0 Å². The first-order valence-electron chi connectivity index (χ1n) is 3.27. The van der Waals surface area contributed by atoms with Crippen LogP contribution < -0.4 is 5.56 Å². The van der Waals surface area contributed by atoms with Gasteiger partial charge >= 0.3 is 0 Å². The van der Waals surface area contributed by atoms with E-state index in [1.807, 2.05) is 6.07 Å². The molecule has 4 nitrogen and oxygen atoms in total. The standard InChI is InChI=1S/C4H4N2O.C3H5NS/c7-4-1-2-5-3-6-4;4-2-1-3-5/h1-3H,(H,5,6,7);5H,1,3H2. The lowest BCUT2D eigenvalue weighted by Gasteiger charge is -1.73. The van der Waals surface area contributed by atoms with E-state index in [1.165, 1.54) is 18.6 Å². The molecule has 12 heavy (non-hydrogen) atoms. The number of hydrogen-bond donors (Lipinski definition) is 2. The normalized spacial score (nSPS) is 7.67. The topological polar surface area (TPSA) is 69.5 Å². The predicted octanol–water partition coefficient (Wildman–Crippen LogP) is 0.600. The molecule has 1 aromatic heterocycles. The first-order valence-corrected chi connectivity index (χ1v) is 3.91. The first kappa shape index (κ1) is 10.7. The SMILES string of the molecule is N#CCCS.O=c1ccnc[nH]1. The molecule has 1 N–H and O–H groups in total. The van der Waals surface area contributed by atoms with Crippen LogP contribution in [0, 0.1) is 11.3 Å². The third-order valence-electron chi connectivity index (χ3n) is 0.817. The van der Waals surface area contributed by atoms with Gasteiger partial charge in [0.1, 0.15) is 0 Å². The molecule has 0 spiro atoms. The molecule has 0 amide bonds. The molecule has 64 valence electrons. The van der Waals surface area contributed by atoms with Gasteiger partial charge < -0.3 is 4.98 Å². The van der Waals surface area contributed by atoms with Gasteiger partial charge in [0.2, 0.25) is 0 Å². The average Bonchev–Trinajstić information content (AvgIpc) is 2.08. The lowest BCUT2D eigenvalue weighted by atomic mass is 10.6. The number of nitriles is 1. The van der Waals surface area contributed by atoms with Gasteiger partial charge in [-0.05, 0) is 0 Å². The molecule has 0 saturated heterocycles. The number of rotatable bonds is 1. The van der Waals surface area contributed by atoms with Crippen LogP contribution in [0.4, 0.5) is 0 Å². The minimum absolute atomic E-state index is 0.116. The monoisotopic (exact) mass is 183 g/mol. The summed E-state index contributed by atoms with van der Waals surface area (Å²) in [4.78, 5) is 16.1. The molecule has 0 aliphatic carbocycles. The van der Waals surface area contributed by atoms with Gasteiger partial charge in [0.25, 0.3) is 5.56 Å². The molecule has 0 saturated carbocycles. The molecular formula is C7H9N3OS. The van der Waals surface area contributed by atoms with E-state index in [0.717, 1.165) is 0 Å². The molecule has 0 aromatic carbocycles. The van der Waals surface area contributed by atoms with Crippen LogP contribution in [0.2, 0.25) is 0 Å². The van der Waals surface area contributed by atoms with E-state index in [4.69, 9.17) is 5.26 Å². The Morgan fingerprint density at radius 1 is 1.75 bits per heavy atom. The molecule has 1 rings (SSSR count). The third kappa shape index (κ3) is 6.83. The summed E-state index contributed by atoms with van der Waals surface area (Å²) in [5.74, 6) is 0.677. The van der Waals surface area contributed by atoms with Gasteiger partial charge in [-0.3, -0.25) is 4.79 Å². The maximum Gasteiger partial charge on any atom is 0.250 e. The van der Waals surface area contributed by atoms with Crippen LogP contribution in [0.1, 0.15) is 6.42 Å². The fourth-order valence-electron chi connectivity index (χ4n) is 0.353. The Labute approximate surface area is 75.7 Å². The second-order valence-corrected chi connectivity index (χ2v) is 2.18. The van der Waals surface area contributed by atoms with Crippen LogP contribution in [0.5, 0.6) is 0 Å². The number of aromatic nitrogens is 2. The molecule has 0 atom stereocenters. The Hall–Kier alpha value is -1.28. The highest BCUT2D eigenvalue weighted by Gasteiger charge is 1.70. The second kappa shape index (κ2) is 7.82. The van der Waals surface area contributed by atoms with E-state index >= 15 is 0 Å². The van der Waals surface area contributed by atoms with Crippen LogP contribution in [0.25, 0.3) is 0 Å². The van der Waals surface area contributed by atoms with Crippen molar-refractivity contribution >= 4 is 12.6 Å². The number of nitrogens with one attached hydrogen (secondary N) is 1. The van der Waals surface area contributed by atoms with Crippen LogP contribution in [0.3, 0.4) is 0 Å². The minimum Gasteiger partial charge on any atom is -0.313 e. The maximum atomic E-state index is 10.2. The van der Waals surface area contributed by atoms with Gasteiger partial charge in [0, 0.05) is 24.4 Å². The van der Waals surface area contributed by atoms with Gasteiger partial charge in [-0.2, -0.15) is 17.9 Å². The number of aromatic amines is 1. The zero-order valence-corrected chi connectivity index (χ0v) is 7.29. The third-order valence-corrected chi connectivity index (χ3v) is 1.04. The van der Waals surface area contributed by atoms with E-state index in [9.17, 15) is 4.79 Å². The molecule has 0 bridgehead atoms. The number of hydrogen-bond acceptors (Lipinski definition) is 4. The first-order chi connectivity index (χ1) is 5.81. The highest BCUT2D eigenvalue weighted by Crippen LogP contribution is 1.75. The highest BCUT2D eigenvalue weighted by atomic mass is 32.1. The van der Waals surface area contributed by atoms with Crippen molar-refractivity contribution in [3.05, 3.63) is 28.9 Å². The smallest absolute Gasteiger partial charge is 0.250 e. The van der Waals surface area contributed by atoms with Crippen LogP contribution in [-0.4, -0.2) is 15.7 Å². The maximum absolute atomic E-state index is 10.2. The fourth-order valence-corrected chi connectivity index (χ4v) is 0.453. The van der Waals surface area contributed by atoms with Crippen molar-refractivity contribution in [1.29, 1.82) is 5.26 Å². The number of thiol groups is 1. The minimum atomic E-state index is -0.116. The number of nitrogens with zero attached hydrogens (tertiary/aromatic N) is 2. The molecule has 0 unspecified atom stereocenters. The van der Waals surface area contributed by atoms with Gasteiger partial charge in [-0.15, -0.1) is 0 Å². The van der Waals surface area contributed by atoms with Crippen molar-refractivity contribution in [2.75, 3.05) is 5.75 Å². The predicted molar refractivity (Wildman–Crippen MR) is 48.9 cm³/mol. The average molecular weight is 183 g/mol. The molecule has 5 heteroatoms. The van der Waals surface area contributed by atoms with Crippen molar-refractivity contribution in [2.24, 2.45) is 0 Å². The van der Waals surface area contributed by atoms with E-state index in [2.05, 4.69) is 22.6 Å². The zero-order chi connectivity index (χ0) is 9.23. The summed E-state index contributed by atoms with van der Waals surface area (Å²) in [6.45, 7) is 0. The Morgan fingerprint density at radius 3 is 2.67 bits per heavy atom. The summed E-state index contributed by atoms with van der Waals surface area (Å²) in [5, 5.41) is 7.77. The van der Waals surface area contributed by atoms with E-state index in [0.29, 0.717) is 12.2 Å². The van der Waals surface area contributed by atoms with Crippen molar-refractivity contribution in [3.8, 4) is 6.07 Å². The molecule has 0 fully saturated rings. The van der Waals surface area contributed by atoms with Crippen LogP contribution >= 0.6 is 12.6 Å². The summed E-state index contributed by atoms with van der Waals surface area (Å²) in [6.07, 6.45) is 3.35. The van der Waals surface area contributed by atoms with Crippen molar-refractivity contribution in [2.45, 2.75) is 6.42 Å². The Bertz CT molecular complexity index is 274. The van der Waals surface area contributed by atoms with Gasteiger partial charge in [-0.1, -0.05) is 0 Å². The van der Waals surface area contributed by atoms with Crippen LogP contribution in [0.15, 0.2) is 23.4 Å². The quantitative estimate of drug-likeness (QED) is 0.626. The van der Waals surface area contributed by atoms with Crippen molar-refractivity contribution < 1.29 is 0 Å². The van der Waals surface area contributed by atoms with Gasteiger partial charge in [0.05, 0.1) is 12.4 Å². The van der Waals surface area contributed by atoms with E-state index in [-0.39, 0.29) is 5.56 Å². The van der Waals surface area contributed by atoms with Crippen LogP contribution in [-0.2, 0) is 0 Å². The van der Waals surface area contributed by atoms with Gasteiger partial charge in [-0.25, -0.2) is 4.98 Å². The molecule has 0 aliphatic rings. The summed E-state index contributed by atoms with van der Waals surface area (Å²) in [7, 11) is 0. The molecule has 0 aliphatic heterocycles. The summed E-state index contributed by atoms with van der Waals surface area (Å²) in [6, 6.07) is 3.30. The lowest BCUT2D eigenvalue weighted by Crippen LogP contribution is -2.00. The van der Waals surface area contributed by atoms with Crippen molar-refractivity contribution in [3.63, 3.8) is 0 Å². The molecule has 1 aromatic rings. The number of H-pyrrole nitrogens is 1. The summed E-state index contributed by atoms with van der Waals surface area (Å²) in [5.41, 5.74) is -0.116. The lowest BCUT2D eigenvalue weighted by molar-refractivity contribution is 1.12. The Balaban J connectivity index is 0.000000217. The second-order valence-electron chi connectivity index (χ2n) is 1.73. The highest BCUT2D eigenvalue weighted by molar-refractivity contribution is 7.80. The molecule has 0 radical (unpaired) electrons. The fraction of sp³-hybridized carbons (Fsp3) is 0.286. The largest absolute Gasteiger partial charge is 0.313 e. The zero-order valence-electron chi connectivity index (χ0n) is 6.40.